The van der Waals surface area contributed by atoms with E-state index < -0.39 is 0 Å². The molecule has 0 spiro atoms. The summed E-state index contributed by atoms with van der Waals surface area (Å²) in [4.78, 5) is 14.3. The minimum atomic E-state index is 0.135. The van der Waals surface area contributed by atoms with Crippen LogP contribution in [0.2, 0.25) is 0 Å². The number of nitrogens with zero attached hydrogens (tertiary/aromatic N) is 1. The average Bonchev–Trinajstić information content (AvgIpc) is 2.32. The molecular weight excluding hydrogens is 278 g/mol. The van der Waals surface area contributed by atoms with Crippen LogP contribution in [0.5, 0.6) is 0 Å². The fraction of sp³-hybridized carbons (Fsp3) is 0.357. The Labute approximate surface area is 110 Å². The third kappa shape index (κ3) is 2.60. The highest BCUT2D eigenvalue weighted by atomic mass is 79.9. The van der Waals surface area contributed by atoms with Gasteiger partial charge in [0.25, 0.3) is 5.91 Å². The summed E-state index contributed by atoms with van der Waals surface area (Å²) in [5.41, 5.74) is 3.09. The number of carbonyl (C=O) groups is 1. The summed E-state index contributed by atoms with van der Waals surface area (Å²) < 4.78 is 0.993. The van der Waals surface area contributed by atoms with Crippen LogP contribution in [0.3, 0.4) is 0 Å². The van der Waals surface area contributed by atoms with Crippen molar-refractivity contribution < 1.29 is 4.79 Å². The molecule has 0 N–H and O–H groups in total. The lowest BCUT2D eigenvalue weighted by molar-refractivity contribution is 0.0765. The fourth-order valence-electron chi connectivity index (χ4n) is 2.09. The van der Waals surface area contributed by atoms with Gasteiger partial charge < -0.3 is 4.90 Å². The van der Waals surface area contributed by atoms with Gasteiger partial charge in [0.2, 0.25) is 0 Å². The third-order valence-electron chi connectivity index (χ3n) is 3.12. The first-order valence-corrected chi connectivity index (χ1v) is 6.59. The summed E-state index contributed by atoms with van der Waals surface area (Å²) in [6.07, 6.45) is 3.17. The number of amides is 1. The minimum absolute atomic E-state index is 0.135. The van der Waals surface area contributed by atoms with Crippen molar-refractivity contribution in [2.75, 3.05) is 13.1 Å². The summed E-state index contributed by atoms with van der Waals surface area (Å²) in [7, 11) is 0. The maximum absolute atomic E-state index is 12.4. The molecule has 0 radical (unpaired) electrons. The second-order valence-electron chi connectivity index (χ2n) is 4.48. The zero-order valence-corrected chi connectivity index (χ0v) is 11.8. The zero-order valence-electron chi connectivity index (χ0n) is 10.2. The lowest BCUT2D eigenvalue weighted by atomic mass is 10.1. The van der Waals surface area contributed by atoms with E-state index in [0.29, 0.717) is 0 Å². The molecular formula is C14H16BrNO. The van der Waals surface area contributed by atoms with Gasteiger partial charge in [0.1, 0.15) is 0 Å². The van der Waals surface area contributed by atoms with E-state index in [2.05, 4.69) is 28.9 Å². The smallest absolute Gasteiger partial charge is 0.254 e. The molecule has 2 nitrogen and oxygen atoms in total. The van der Waals surface area contributed by atoms with E-state index in [9.17, 15) is 4.79 Å². The molecule has 1 aromatic rings. The van der Waals surface area contributed by atoms with Gasteiger partial charge in [0.15, 0.2) is 0 Å². The van der Waals surface area contributed by atoms with Crippen LogP contribution in [0.25, 0.3) is 0 Å². The lowest BCUT2D eigenvalue weighted by Gasteiger charge is -2.27. The molecule has 17 heavy (non-hydrogen) atoms. The molecule has 0 unspecified atom stereocenters. The molecule has 0 saturated heterocycles. The van der Waals surface area contributed by atoms with Crippen molar-refractivity contribution in [1.29, 1.82) is 0 Å². The van der Waals surface area contributed by atoms with Crippen LogP contribution in [0.1, 0.15) is 29.3 Å². The number of halogens is 1. The van der Waals surface area contributed by atoms with Crippen LogP contribution in [-0.2, 0) is 0 Å². The van der Waals surface area contributed by atoms with Crippen molar-refractivity contribution in [3.63, 3.8) is 0 Å². The predicted molar refractivity (Wildman–Crippen MR) is 73.2 cm³/mol. The SMILES string of the molecule is CC1=CCCN(C(=O)c2cccc(Br)c2C)C1. The fourth-order valence-corrected chi connectivity index (χ4v) is 2.46. The quantitative estimate of drug-likeness (QED) is 0.725. The second-order valence-corrected chi connectivity index (χ2v) is 5.33. The Morgan fingerprint density at radius 3 is 2.82 bits per heavy atom. The highest BCUT2D eigenvalue weighted by molar-refractivity contribution is 9.10. The average molecular weight is 294 g/mol. The van der Waals surface area contributed by atoms with E-state index in [1.165, 1.54) is 5.57 Å². The third-order valence-corrected chi connectivity index (χ3v) is 3.98. The van der Waals surface area contributed by atoms with Crippen molar-refractivity contribution >= 4 is 21.8 Å². The van der Waals surface area contributed by atoms with Gasteiger partial charge in [-0.1, -0.05) is 33.6 Å². The van der Waals surface area contributed by atoms with E-state index in [4.69, 9.17) is 0 Å². The molecule has 0 aliphatic carbocycles. The highest BCUT2D eigenvalue weighted by Gasteiger charge is 2.20. The van der Waals surface area contributed by atoms with Crippen LogP contribution >= 0.6 is 15.9 Å². The van der Waals surface area contributed by atoms with Gasteiger partial charge in [-0.3, -0.25) is 4.79 Å². The molecule has 0 aromatic heterocycles. The number of hydrogen-bond donors (Lipinski definition) is 0. The largest absolute Gasteiger partial charge is 0.334 e. The lowest BCUT2D eigenvalue weighted by Crippen LogP contribution is -2.35. The molecule has 1 aliphatic heterocycles. The number of benzene rings is 1. The Morgan fingerprint density at radius 2 is 2.12 bits per heavy atom. The van der Waals surface area contributed by atoms with Crippen molar-refractivity contribution in [2.24, 2.45) is 0 Å². The summed E-state index contributed by atoms with van der Waals surface area (Å²) in [5.74, 6) is 0.135. The van der Waals surface area contributed by atoms with Crippen molar-refractivity contribution in [1.82, 2.24) is 4.90 Å². The Balaban J connectivity index is 2.26. The van der Waals surface area contributed by atoms with Crippen LogP contribution in [0.4, 0.5) is 0 Å². The number of hydrogen-bond acceptors (Lipinski definition) is 1. The zero-order chi connectivity index (χ0) is 12.4. The van der Waals surface area contributed by atoms with Gasteiger partial charge in [-0.15, -0.1) is 0 Å². The highest BCUT2D eigenvalue weighted by Crippen LogP contribution is 2.22. The van der Waals surface area contributed by atoms with Gasteiger partial charge in [0.05, 0.1) is 0 Å². The van der Waals surface area contributed by atoms with Gasteiger partial charge in [-0.2, -0.15) is 0 Å². The van der Waals surface area contributed by atoms with Crippen LogP contribution in [-0.4, -0.2) is 23.9 Å². The first-order chi connectivity index (χ1) is 8.09. The van der Waals surface area contributed by atoms with Crippen LogP contribution in [0.15, 0.2) is 34.3 Å². The monoisotopic (exact) mass is 293 g/mol. The summed E-state index contributed by atoms with van der Waals surface area (Å²) in [5, 5.41) is 0. The summed E-state index contributed by atoms with van der Waals surface area (Å²) >= 11 is 3.47. The Bertz CT molecular complexity index is 479. The Kier molecular flexibility index (Phi) is 3.67. The standard InChI is InChI=1S/C14H16BrNO/c1-10-5-4-8-16(9-10)14(17)12-6-3-7-13(15)11(12)2/h3,5-7H,4,8-9H2,1-2H3. The van der Waals surface area contributed by atoms with E-state index >= 15 is 0 Å². The van der Waals surface area contributed by atoms with E-state index in [-0.39, 0.29) is 5.91 Å². The number of carbonyl (C=O) groups excluding carboxylic acids is 1. The first kappa shape index (κ1) is 12.4. The molecule has 1 aromatic carbocycles. The Hall–Kier alpha value is -1.09. The molecule has 0 fully saturated rings. The van der Waals surface area contributed by atoms with Crippen LogP contribution in [0, 0.1) is 6.92 Å². The number of rotatable bonds is 1. The predicted octanol–water partition coefficient (Wildman–Crippen LogP) is 3.55. The second kappa shape index (κ2) is 5.05. The first-order valence-electron chi connectivity index (χ1n) is 5.79. The Morgan fingerprint density at radius 1 is 1.35 bits per heavy atom. The molecule has 1 heterocycles. The van der Waals surface area contributed by atoms with Crippen molar-refractivity contribution in [3.05, 3.63) is 45.4 Å². The van der Waals surface area contributed by atoms with Gasteiger partial charge in [-0.05, 0) is 38.0 Å². The molecule has 0 atom stereocenters. The van der Waals surface area contributed by atoms with E-state index in [0.717, 1.165) is 35.1 Å². The maximum Gasteiger partial charge on any atom is 0.254 e. The topological polar surface area (TPSA) is 20.3 Å². The van der Waals surface area contributed by atoms with Crippen molar-refractivity contribution in [2.45, 2.75) is 20.3 Å². The molecule has 2 rings (SSSR count). The molecule has 90 valence electrons. The molecule has 0 bridgehead atoms. The van der Waals surface area contributed by atoms with Crippen LogP contribution < -0.4 is 0 Å². The van der Waals surface area contributed by atoms with E-state index in [1.807, 2.05) is 30.0 Å². The van der Waals surface area contributed by atoms with Gasteiger partial charge in [0, 0.05) is 23.1 Å². The summed E-state index contributed by atoms with van der Waals surface area (Å²) in [6, 6.07) is 5.78. The minimum Gasteiger partial charge on any atom is -0.334 e. The van der Waals surface area contributed by atoms with Crippen molar-refractivity contribution in [3.8, 4) is 0 Å². The maximum atomic E-state index is 12.4. The summed E-state index contributed by atoms with van der Waals surface area (Å²) in [6.45, 7) is 5.63. The molecule has 1 aliphatic rings. The van der Waals surface area contributed by atoms with Gasteiger partial charge >= 0.3 is 0 Å². The molecule has 3 heteroatoms. The van der Waals surface area contributed by atoms with Gasteiger partial charge in [-0.25, -0.2) is 0 Å². The molecule has 0 saturated carbocycles. The van der Waals surface area contributed by atoms with E-state index in [1.54, 1.807) is 0 Å². The normalized spacial score (nSPS) is 15.7. The molecule has 1 amide bonds.